The number of nitro benzene ring substituents is 1. The number of nitro groups is 1. The lowest BCUT2D eigenvalue weighted by Crippen LogP contribution is -2.10. The lowest BCUT2D eigenvalue weighted by atomic mass is 10.3. The normalized spacial score (nSPS) is 12.5. The maximum Gasteiger partial charge on any atom is 0.312 e. The van der Waals surface area contributed by atoms with Crippen molar-refractivity contribution < 1.29 is 22.5 Å². The Hall–Kier alpha value is -1.92. The van der Waals surface area contributed by atoms with Crippen molar-refractivity contribution >= 4 is 25.4 Å². The van der Waals surface area contributed by atoms with Crippen molar-refractivity contribution in [2.45, 2.75) is 17.9 Å². The summed E-state index contributed by atoms with van der Waals surface area (Å²) in [5.41, 5.74) is -0.803. The van der Waals surface area contributed by atoms with Crippen LogP contribution < -0.4 is 4.74 Å². The molecule has 0 aliphatic carbocycles. The van der Waals surface area contributed by atoms with E-state index < -0.39 is 42.2 Å². The van der Waals surface area contributed by atoms with Crippen LogP contribution in [0.1, 0.15) is 6.92 Å². The fraction of sp³-hybridized carbons (Fsp3) is 0.222. The molecule has 19 heavy (non-hydrogen) atoms. The standard InChI is InChI=1S/C9H6ClFN2O5S/c1-5(4-12)18-8-2-6(11)9(19(10,16)17)3-7(8)13(14)15/h2-3,5H,1H3. The summed E-state index contributed by atoms with van der Waals surface area (Å²) in [6.45, 7) is 1.29. The summed E-state index contributed by atoms with van der Waals surface area (Å²) in [6, 6.07) is 2.58. The summed E-state index contributed by atoms with van der Waals surface area (Å²) in [7, 11) is 0.474. The summed E-state index contributed by atoms with van der Waals surface area (Å²) in [5.74, 6) is -1.86. The molecule has 0 radical (unpaired) electrons. The highest BCUT2D eigenvalue weighted by molar-refractivity contribution is 8.13. The smallest absolute Gasteiger partial charge is 0.312 e. The molecule has 7 nitrogen and oxygen atoms in total. The largest absolute Gasteiger partial charge is 0.469 e. The van der Waals surface area contributed by atoms with Gasteiger partial charge in [0.15, 0.2) is 6.10 Å². The molecule has 0 fully saturated rings. The lowest BCUT2D eigenvalue weighted by Gasteiger charge is -2.09. The molecule has 102 valence electrons. The number of hydrogen-bond acceptors (Lipinski definition) is 6. The van der Waals surface area contributed by atoms with Crippen LogP contribution in [-0.2, 0) is 9.05 Å². The Morgan fingerprint density at radius 2 is 2.16 bits per heavy atom. The second-order valence-corrected chi connectivity index (χ2v) is 5.87. The molecule has 0 aromatic heterocycles. The molecular formula is C9H6ClFN2O5S. The first-order valence-corrected chi connectivity index (χ1v) is 6.96. The first-order chi connectivity index (χ1) is 8.66. The number of benzene rings is 1. The molecule has 0 N–H and O–H groups in total. The van der Waals surface area contributed by atoms with Crippen LogP contribution in [-0.4, -0.2) is 19.4 Å². The maximum absolute atomic E-state index is 13.5. The molecule has 0 aliphatic heterocycles. The second-order valence-electron chi connectivity index (χ2n) is 3.33. The highest BCUT2D eigenvalue weighted by Gasteiger charge is 2.26. The van der Waals surface area contributed by atoms with E-state index in [2.05, 4.69) is 0 Å². The molecule has 0 heterocycles. The number of rotatable bonds is 4. The minimum atomic E-state index is -4.47. The van der Waals surface area contributed by atoms with Gasteiger partial charge in [-0.05, 0) is 6.92 Å². The topological polar surface area (TPSA) is 110 Å². The highest BCUT2D eigenvalue weighted by atomic mass is 35.7. The molecule has 0 saturated carbocycles. The van der Waals surface area contributed by atoms with E-state index in [1.807, 2.05) is 0 Å². The average molecular weight is 309 g/mol. The Labute approximate surface area is 111 Å². The van der Waals surface area contributed by atoms with E-state index in [1.165, 1.54) is 6.92 Å². The summed E-state index contributed by atoms with van der Waals surface area (Å²) in [6.07, 6.45) is -1.07. The van der Waals surface area contributed by atoms with Gasteiger partial charge in [0.05, 0.1) is 4.92 Å². The van der Waals surface area contributed by atoms with Crippen LogP contribution in [0.5, 0.6) is 5.75 Å². The van der Waals surface area contributed by atoms with E-state index in [9.17, 15) is 22.9 Å². The van der Waals surface area contributed by atoms with Gasteiger partial charge in [0.2, 0.25) is 5.75 Å². The Morgan fingerprint density at radius 3 is 2.58 bits per heavy atom. The molecule has 0 amide bonds. The second kappa shape index (κ2) is 5.38. The van der Waals surface area contributed by atoms with E-state index in [4.69, 9.17) is 20.7 Å². The third-order valence-corrected chi connectivity index (χ3v) is 3.30. The molecule has 1 unspecified atom stereocenters. The van der Waals surface area contributed by atoms with E-state index >= 15 is 0 Å². The molecule has 0 bridgehead atoms. The van der Waals surface area contributed by atoms with E-state index in [-0.39, 0.29) is 0 Å². The minimum absolute atomic E-state index is 0.442. The van der Waals surface area contributed by atoms with Crippen molar-refractivity contribution in [3.05, 3.63) is 28.1 Å². The first-order valence-electron chi connectivity index (χ1n) is 4.65. The predicted octanol–water partition coefficient (Wildman–Crippen LogP) is 1.95. The van der Waals surface area contributed by atoms with Gasteiger partial charge >= 0.3 is 5.69 Å². The van der Waals surface area contributed by atoms with Crippen molar-refractivity contribution in [2.24, 2.45) is 0 Å². The zero-order valence-corrected chi connectivity index (χ0v) is 10.9. The van der Waals surface area contributed by atoms with Gasteiger partial charge in [0.25, 0.3) is 9.05 Å². The van der Waals surface area contributed by atoms with Crippen LogP contribution in [0.25, 0.3) is 0 Å². The van der Waals surface area contributed by atoms with Crippen LogP contribution in [0.15, 0.2) is 17.0 Å². The molecule has 1 aromatic rings. The van der Waals surface area contributed by atoms with Crippen molar-refractivity contribution in [3.63, 3.8) is 0 Å². The van der Waals surface area contributed by atoms with Gasteiger partial charge < -0.3 is 4.74 Å². The van der Waals surface area contributed by atoms with Crippen molar-refractivity contribution in [3.8, 4) is 11.8 Å². The predicted molar refractivity (Wildman–Crippen MR) is 61.8 cm³/mol. The van der Waals surface area contributed by atoms with Crippen molar-refractivity contribution in [1.29, 1.82) is 5.26 Å². The van der Waals surface area contributed by atoms with Gasteiger partial charge in [-0.15, -0.1) is 0 Å². The number of nitrogens with zero attached hydrogens (tertiary/aromatic N) is 2. The fourth-order valence-electron chi connectivity index (χ4n) is 1.17. The summed E-state index contributed by atoms with van der Waals surface area (Å²) >= 11 is 0. The Bertz CT molecular complexity index is 670. The Morgan fingerprint density at radius 1 is 1.58 bits per heavy atom. The van der Waals surface area contributed by atoms with E-state index in [0.29, 0.717) is 12.1 Å². The fourth-order valence-corrected chi connectivity index (χ4v) is 2.06. The summed E-state index contributed by atoms with van der Waals surface area (Å²) < 4.78 is 40.4. The molecule has 10 heteroatoms. The monoisotopic (exact) mass is 308 g/mol. The van der Waals surface area contributed by atoms with Gasteiger partial charge in [-0.2, -0.15) is 5.26 Å². The minimum Gasteiger partial charge on any atom is -0.469 e. The molecule has 1 rings (SSSR count). The van der Waals surface area contributed by atoms with Crippen LogP contribution >= 0.6 is 10.7 Å². The van der Waals surface area contributed by atoms with Gasteiger partial charge in [-0.25, -0.2) is 12.8 Å². The van der Waals surface area contributed by atoms with E-state index in [1.54, 1.807) is 6.07 Å². The quantitative estimate of drug-likeness (QED) is 0.477. The third-order valence-electron chi connectivity index (χ3n) is 1.96. The van der Waals surface area contributed by atoms with Crippen LogP contribution in [0, 0.1) is 27.3 Å². The van der Waals surface area contributed by atoms with Crippen molar-refractivity contribution in [2.75, 3.05) is 0 Å². The zero-order chi connectivity index (χ0) is 14.8. The average Bonchev–Trinajstić information content (AvgIpc) is 2.26. The Kier molecular flexibility index (Phi) is 4.28. The van der Waals surface area contributed by atoms with Gasteiger partial charge in [-0.1, -0.05) is 0 Å². The highest BCUT2D eigenvalue weighted by Crippen LogP contribution is 2.33. The van der Waals surface area contributed by atoms with Crippen molar-refractivity contribution in [1.82, 2.24) is 0 Å². The maximum atomic E-state index is 13.5. The number of ether oxygens (including phenoxy) is 1. The molecule has 0 aliphatic rings. The Balaban J connectivity index is 3.47. The first kappa shape index (κ1) is 15.1. The molecule has 1 atom stereocenters. The molecule has 0 saturated heterocycles. The van der Waals surface area contributed by atoms with Gasteiger partial charge in [-0.3, -0.25) is 10.1 Å². The van der Waals surface area contributed by atoms with Gasteiger partial charge in [0, 0.05) is 22.8 Å². The summed E-state index contributed by atoms with van der Waals surface area (Å²) in [5, 5.41) is 19.3. The third kappa shape index (κ3) is 3.52. The lowest BCUT2D eigenvalue weighted by molar-refractivity contribution is -0.386. The SMILES string of the molecule is CC(C#N)Oc1cc(F)c(S(=O)(=O)Cl)cc1[N+](=O)[O-]. The number of halogens is 2. The molecule has 0 spiro atoms. The summed E-state index contributed by atoms with van der Waals surface area (Å²) in [4.78, 5) is 8.77. The number of hydrogen-bond donors (Lipinski definition) is 0. The number of nitriles is 1. The zero-order valence-electron chi connectivity index (χ0n) is 9.33. The van der Waals surface area contributed by atoms with Gasteiger partial charge in [0.1, 0.15) is 16.8 Å². The molecular weight excluding hydrogens is 303 g/mol. The molecule has 1 aromatic carbocycles. The van der Waals surface area contributed by atoms with Crippen LogP contribution in [0.3, 0.4) is 0 Å². The van der Waals surface area contributed by atoms with Crippen LogP contribution in [0.4, 0.5) is 10.1 Å². The van der Waals surface area contributed by atoms with Crippen LogP contribution in [0.2, 0.25) is 0 Å². The van der Waals surface area contributed by atoms with E-state index in [0.717, 1.165) is 0 Å².